The Balaban J connectivity index is 2.79. The summed E-state index contributed by atoms with van der Waals surface area (Å²) in [7, 11) is 3.46. The number of nitrogens with two attached hydrogens (primary N) is 1. The summed E-state index contributed by atoms with van der Waals surface area (Å²) in [5.74, 6) is 5.94. The number of furan rings is 1. The van der Waals surface area contributed by atoms with Crippen molar-refractivity contribution >= 4 is 11.8 Å². The fraction of sp³-hybridized carbons (Fsp3) is 0.571. The summed E-state index contributed by atoms with van der Waals surface area (Å²) in [5.41, 5.74) is 2.51. The van der Waals surface area contributed by atoms with Gasteiger partial charge in [-0.05, 0) is 26.0 Å². The Labute approximate surface area is 125 Å². The second kappa shape index (κ2) is 7.80. The molecule has 0 radical (unpaired) electrons. The van der Waals surface area contributed by atoms with Crippen molar-refractivity contribution in [2.24, 2.45) is 5.84 Å². The van der Waals surface area contributed by atoms with Crippen LogP contribution in [-0.4, -0.2) is 48.8 Å². The average molecular weight is 296 g/mol. The molecule has 0 unspecified atom stereocenters. The Morgan fingerprint density at radius 3 is 2.57 bits per heavy atom. The van der Waals surface area contributed by atoms with Crippen LogP contribution in [0.5, 0.6) is 0 Å². The van der Waals surface area contributed by atoms with Gasteiger partial charge in [0.15, 0.2) is 0 Å². The molecule has 2 amide bonds. The molecule has 0 saturated heterocycles. The number of nitrogens with zero attached hydrogens (tertiary/aromatic N) is 2. The molecule has 0 aliphatic heterocycles. The van der Waals surface area contributed by atoms with Gasteiger partial charge in [-0.1, -0.05) is 6.92 Å². The van der Waals surface area contributed by atoms with Gasteiger partial charge in [-0.15, -0.1) is 0 Å². The standard InChI is InChI=1S/C14H24N4O3/c1-5-6-18(9-13(19)17(3)4)8-11-7-12(10(2)21-11)14(20)16-15/h7H,5-6,8-9,15H2,1-4H3,(H,16,20). The molecule has 3 N–H and O–H groups in total. The predicted octanol–water partition coefficient (Wildman–Crippen LogP) is 0.492. The molecule has 0 fully saturated rings. The molecule has 0 atom stereocenters. The first-order valence-electron chi connectivity index (χ1n) is 6.91. The zero-order valence-electron chi connectivity index (χ0n) is 13.1. The monoisotopic (exact) mass is 296 g/mol. The maximum absolute atomic E-state index is 11.8. The largest absolute Gasteiger partial charge is 0.464 e. The second-order valence-electron chi connectivity index (χ2n) is 5.15. The Morgan fingerprint density at radius 1 is 1.38 bits per heavy atom. The first kappa shape index (κ1) is 17.2. The van der Waals surface area contributed by atoms with Gasteiger partial charge in [-0.25, -0.2) is 5.84 Å². The van der Waals surface area contributed by atoms with Gasteiger partial charge in [-0.2, -0.15) is 0 Å². The van der Waals surface area contributed by atoms with Crippen LogP contribution >= 0.6 is 0 Å². The van der Waals surface area contributed by atoms with Crippen LogP contribution in [0.2, 0.25) is 0 Å². The summed E-state index contributed by atoms with van der Waals surface area (Å²) in [6.45, 7) is 5.33. The van der Waals surface area contributed by atoms with Crippen LogP contribution in [0.25, 0.3) is 0 Å². The van der Waals surface area contributed by atoms with Gasteiger partial charge in [-0.3, -0.25) is 19.9 Å². The van der Waals surface area contributed by atoms with Gasteiger partial charge in [0.1, 0.15) is 11.5 Å². The lowest BCUT2D eigenvalue weighted by molar-refractivity contribution is -0.130. The highest BCUT2D eigenvalue weighted by atomic mass is 16.3. The highest BCUT2D eigenvalue weighted by molar-refractivity contribution is 5.94. The maximum atomic E-state index is 11.8. The molecule has 0 aliphatic rings. The number of nitrogen functional groups attached to an aromatic ring is 1. The average Bonchev–Trinajstić information content (AvgIpc) is 2.78. The summed E-state index contributed by atoms with van der Waals surface area (Å²) in [6.07, 6.45) is 0.927. The predicted molar refractivity (Wildman–Crippen MR) is 79.4 cm³/mol. The van der Waals surface area contributed by atoms with Gasteiger partial charge in [0.05, 0.1) is 18.7 Å². The first-order valence-corrected chi connectivity index (χ1v) is 6.91. The van der Waals surface area contributed by atoms with Crippen LogP contribution in [-0.2, 0) is 11.3 Å². The van der Waals surface area contributed by atoms with E-state index < -0.39 is 0 Å². The minimum Gasteiger partial charge on any atom is -0.464 e. The Kier molecular flexibility index (Phi) is 6.39. The van der Waals surface area contributed by atoms with E-state index >= 15 is 0 Å². The number of nitrogens with one attached hydrogen (secondary N) is 1. The molecule has 0 saturated carbocycles. The Morgan fingerprint density at radius 2 is 2.05 bits per heavy atom. The third-order valence-corrected chi connectivity index (χ3v) is 3.12. The fourth-order valence-electron chi connectivity index (χ4n) is 2.01. The van der Waals surface area contributed by atoms with E-state index in [0.717, 1.165) is 13.0 Å². The topological polar surface area (TPSA) is 91.8 Å². The zero-order valence-corrected chi connectivity index (χ0v) is 13.1. The summed E-state index contributed by atoms with van der Waals surface area (Å²) in [4.78, 5) is 26.9. The fourth-order valence-corrected chi connectivity index (χ4v) is 2.01. The van der Waals surface area contributed by atoms with E-state index in [9.17, 15) is 9.59 Å². The van der Waals surface area contributed by atoms with E-state index in [2.05, 4.69) is 5.43 Å². The van der Waals surface area contributed by atoms with Crippen molar-refractivity contribution in [3.63, 3.8) is 0 Å². The highest BCUT2D eigenvalue weighted by Crippen LogP contribution is 2.16. The van der Waals surface area contributed by atoms with Crippen molar-refractivity contribution in [1.82, 2.24) is 15.2 Å². The third kappa shape index (κ3) is 4.87. The number of hydrogen-bond donors (Lipinski definition) is 2. The van der Waals surface area contributed by atoms with Crippen molar-refractivity contribution in [2.75, 3.05) is 27.2 Å². The van der Waals surface area contributed by atoms with Crippen molar-refractivity contribution < 1.29 is 14.0 Å². The van der Waals surface area contributed by atoms with Crippen LogP contribution in [0, 0.1) is 6.92 Å². The molecule has 21 heavy (non-hydrogen) atoms. The number of hydrazine groups is 1. The number of amides is 2. The van der Waals surface area contributed by atoms with Crippen molar-refractivity contribution in [1.29, 1.82) is 0 Å². The SMILES string of the molecule is CCCN(CC(=O)N(C)C)Cc1cc(C(=O)NN)c(C)o1. The van der Waals surface area contributed by atoms with Crippen LogP contribution in [0.15, 0.2) is 10.5 Å². The van der Waals surface area contributed by atoms with Gasteiger partial charge in [0.2, 0.25) is 5.91 Å². The number of hydrogen-bond acceptors (Lipinski definition) is 5. The summed E-state index contributed by atoms with van der Waals surface area (Å²) < 4.78 is 5.57. The number of carbonyl (C=O) groups excluding carboxylic acids is 2. The number of aryl methyl sites for hydroxylation is 1. The van der Waals surface area contributed by atoms with Crippen LogP contribution in [0.4, 0.5) is 0 Å². The summed E-state index contributed by atoms with van der Waals surface area (Å²) in [5, 5.41) is 0. The smallest absolute Gasteiger partial charge is 0.268 e. The Hall–Kier alpha value is -1.86. The quantitative estimate of drug-likeness (QED) is 0.434. The molecule has 7 heteroatoms. The summed E-state index contributed by atoms with van der Waals surface area (Å²) in [6, 6.07) is 1.67. The van der Waals surface area contributed by atoms with E-state index in [1.165, 1.54) is 0 Å². The third-order valence-electron chi connectivity index (χ3n) is 3.12. The van der Waals surface area contributed by atoms with Gasteiger partial charge < -0.3 is 9.32 Å². The number of rotatable bonds is 7. The molecule has 0 spiro atoms. The van der Waals surface area contributed by atoms with E-state index in [1.807, 2.05) is 11.8 Å². The van der Waals surface area contributed by atoms with Crippen molar-refractivity contribution in [3.05, 3.63) is 23.2 Å². The first-order chi connectivity index (χ1) is 9.88. The molecule has 7 nitrogen and oxygen atoms in total. The van der Waals surface area contributed by atoms with E-state index in [-0.39, 0.29) is 11.8 Å². The molecule has 1 aromatic rings. The van der Waals surface area contributed by atoms with E-state index in [1.54, 1.807) is 32.0 Å². The van der Waals surface area contributed by atoms with E-state index in [0.29, 0.717) is 30.2 Å². The van der Waals surface area contributed by atoms with Gasteiger partial charge in [0.25, 0.3) is 5.91 Å². The lowest BCUT2D eigenvalue weighted by atomic mass is 10.2. The minimum atomic E-state index is -0.381. The molecular weight excluding hydrogens is 272 g/mol. The zero-order chi connectivity index (χ0) is 16.0. The van der Waals surface area contributed by atoms with Crippen LogP contribution in [0.1, 0.15) is 35.2 Å². The van der Waals surface area contributed by atoms with E-state index in [4.69, 9.17) is 10.3 Å². The van der Waals surface area contributed by atoms with Crippen molar-refractivity contribution in [2.45, 2.75) is 26.8 Å². The lowest BCUT2D eigenvalue weighted by Crippen LogP contribution is -2.36. The molecular formula is C14H24N4O3. The minimum absolute atomic E-state index is 0.0339. The van der Waals surface area contributed by atoms with Crippen molar-refractivity contribution in [3.8, 4) is 0 Å². The molecule has 1 rings (SSSR count). The molecule has 118 valence electrons. The van der Waals surface area contributed by atoms with Gasteiger partial charge in [0, 0.05) is 14.1 Å². The maximum Gasteiger partial charge on any atom is 0.268 e. The number of carbonyl (C=O) groups is 2. The number of likely N-dealkylation sites (N-methyl/N-ethyl adjacent to an activating group) is 1. The van der Waals surface area contributed by atoms with Gasteiger partial charge >= 0.3 is 0 Å². The second-order valence-corrected chi connectivity index (χ2v) is 5.15. The summed E-state index contributed by atoms with van der Waals surface area (Å²) >= 11 is 0. The molecule has 1 aromatic heterocycles. The lowest BCUT2D eigenvalue weighted by Gasteiger charge is -2.21. The van der Waals surface area contributed by atoms with Crippen LogP contribution < -0.4 is 11.3 Å². The highest BCUT2D eigenvalue weighted by Gasteiger charge is 2.17. The molecule has 0 aliphatic carbocycles. The van der Waals surface area contributed by atoms with Crippen LogP contribution in [0.3, 0.4) is 0 Å². The normalized spacial score (nSPS) is 10.8. The molecule has 0 bridgehead atoms. The molecule has 1 heterocycles. The molecule has 0 aromatic carbocycles. The Bertz CT molecular complexity index is 496.